The van der Waals surface area contributed by atoms with Gasteiger partial charge in [-0.2, -0.15) is 0 Å². The minimum atomic E-state index is -0.274. The van der Waals surface area contributed by atoms with Gasteiger partial charge in [0.25, 0.3) is 0 Å². The van der Waals surface area contributed by atoms with E-state index < -0.39 is 0 Å². The van der Waals surface area contributed by atoms with Crippen molar-refractivity contribution in [2.24, 2.45) is 0 Å². The predicted octanol–water partition coefficient (Wildman–Crippen LogP) is 5.18. The molecule has 30 heavy (non-hydrogen) atoms. The summed E-state index contributed by atoms with van der Waals surface area (Å²) in [4.78, 5) is 12.8. The van der Waals surface area contributed by atoms with E-state index in [2.05, 4.69) is 0 Å². The van der Waals surface area contributed by atoms with Gasteiger partial charge in [0.1, 0.15) is 30.0 Å². The van der Waals surface area contributed by atoms with E-state index in [4.69, 9.17) is 23.4 Å². The number of hydrogen-bond donors (Lipinski definition) is 0. The van der Waals surface area contributed by atoms with Gasteiger partial charge in [-0.05, 0) is 42.0 Å². The molecule has 0 amide bonds. The summed E-state index contributed by atoms with van der Waals surface area (Å²) in [5.41, 5.74) is 1.14. The van der Waals surface area contributed by atoms with Crippen LogP contribution in [0.15, 0.2) is 82.2 Å². The van der Waals surface area contributed by atoms with Crippen LogP contribution in [0, 0.1) is 0 Å². The molecular formula is C24H20O6. The minimum Gasteiger partial charge on any atom is -0.497 e. The molecule has 6 nitrogen and oxygen atoms in total. The molecule has 3 aromatic carbocycles. The van der Waals surface area contributed by atoms with E-state index in [1.54, 1.807) is 50.6 Å². The Balaban J connectivity index is 1.54. The van der Waals surface area contributed by atoms with Gasteiger partial charge >= 0.3 is 0 Å². The molecule has 0 spiro atoms. The van der Waals surface area contributed by atoms with Gasteiger partial charge < -0.3 is 23.4 Å². The monoisotopic (exact) mass is 404 g/mol. The molecule has 4 rings (SSSR count). The van der Waals surface area contributed by atoms with E-state index in [0.717, 1.165) is 11.3 Å². The second-order valence-electron chi connectivity index (χ2n) is 6.48. The molecule has 0 aliphatic carbocycles. The molecule has 152 valence electrons. The Bertz CT molecular complexity index is 1210. The fourth-order valence-corrected chi connectivity index (χ4v) is 2.96. The zero-order valence-electron chi connectivity index (χ0n) is 16.6. The lowest BCUT2D eigenvalue weighted by molar-refractivity contribution is 0.306. The van der Waals surface area contributed by atoms with Gasteiger partial charge in [-0.15, -0.1) is 0 Å². The highest BCUT2D eigenvalue weighted by atomic mass is 16.5. The third-order valence-corrected chi connectivity index (χ3v) is 4.57. The molecular weight excluding hydrogens is 384 g/mol. The van der Waals surface area contributed by atoms with E-state index in [-0.39, 0.29) is 11.2 Å². The summed E-state index contributed by atoms with van der Waals surface area (Å²) in [5, 5.41) is 0.402. The van der Waals surface area contributed by atoms with Crippen LogP contribution in [0.1, 0.15) is 5.56 Å². The van der Waals surface area contributed by atoms with Gasteiger partial charge in [0.15, 0.2) is 11.5 Å². The topological polar surface area (TPSA) is 67.1 Å². The number of benzene rings is 3. The van der Waals surface area contributed by atoms with Gasteiger partial charge in [-0.1, -0.05) is 24.3 Å². The summed E-state index contributed by atoms with van der Waals surface area (Å²) in [6.45, 7) is 0.384. The first-order valence-corrected chi connectivity index (χ1v) is 9.30. The quantitative estimate of drug-likeness (QED) is 0.423. The van der Waals surface area contributed by atoms with E-state index in [9.17, 15) is 4.79 Å². The maximum Gasteiger partial charge on any atom is 0.235 e. The van der Waals surface area contributed by atoms with Crippen molar-refractivity contribution in [3.05, 3.63) is 88.8 Å². The van der Waals surface area contributed by atoms with Crippen molar-refractivity contribution in [2.75, 3.05) is 14.2 Å². The lowest BCUT2D eigenvalue weighted by Gasteiger charge is -2.10. The first-order chi connectivity index (χ1) is 14.7. The third kappa shape index (κ3) is 4.07. The molecule has 0 radical (unpaired) electrons. The summed E-state index contributed by atoms with van der Waals surface area (Å²) < 4.78 is 27.6. The average molecular weight is 404 g/mol. The van der Waals surface area contributed by atoms with Crippen molar-refractivity contribution >= 4 is 11.0 Å². The fraction of sp³-hybridized carbons (Fsp3) is 0.125. The van der Waals surface area contributed by atoms with Crippen LogP contribution >= 0.6 is 0 Å². The first kappa shape index (κ1) is 19.4. The fourth-order valence-electron chi connectivity index (χ4n) is 2.96. The standard InChI is InChI=1S/C24H20O6/c1-26-17-9-7-16(8-10-17)14-28-18-11-12-19-22(13-18)29-15-23(24(19)25)30-21-6-4-3-5-20(21)27-2/h3-13,15H,14H2,1-2H3. The second-order valence-corrected chi connectivity index (χ2v) is 6.48. The first-order valence-electron chi connectivity index (χ1n) is 9.30. The Labute approximate surface area is 173 Å². The van der Waals surface area contributed by atoms with Crippen LogP contribution < -0.4 is 24.4 Å². The zero-order chi connectivity index (χ0) is 20.9. The van der Waals surface area contributed by atoms with Crippen LogP contribution in [0.2, 0.25) is 0 Å². The van der Waals surface area contributed by atoms with Crippen molar-refractivity contribution in [1.29, 1.82) is 0 Å². The second kappa shape index (κ2) is 8.61. The van der Waals surface area contributed by atoms with Crippen LogP contribution in [0.3, 0.4) is 0 Å². The number of para-hydroxylation sites is 2. The Morgan fingerprint density at radius 2 is 1.53 bits per heavy atom. The molecule has 0 N–H and O–H groups in total. The molecule has 0 unspecified atom stereocenters. The molecule has 0 bridgehead atoms. The number of hydrogen-bond acceptors (Lipinski definition) is 6. The van der Waals surface area contributed by atoms with Crippen molar-refractivity contribution < 1.29 is 23.4 Å². The summed E-state index contributed by atoms with van der Waals surface area (Å²) >= 11 is 0. The van der Waals surface area contributed by atoms with Crippen LogP contribution in [-0.4, -0.2) is 14.2 Å². The van der Waals surface area contributed by atoms with Crippen molar-refractivity contribution in [2.45, 2.75) is 6.61 Å². The van der Waals surface area contributed by atoms with Crippen LogP contribution in [0.5, 0.6) is 28.7 Å². The smallest absolute Gasteiger partial charge is 0.235 e. The summed E-state index contributed by atoms with van der Waals surface area (Å²) in [6, 6.07) is 19.8. The normalized spacial score (nSPS) is 10.6. The van der Waals surface area contributed by atoms with Crippen molar-refractivity contribution in [1.82, 2.24) is 0 Å². The van der Waals surface area contributed by atoms with Gasteiger partial charge in [0, 0.05) is 6.07 Å². The number of fused-ring (bicyclic) bond motifs is 1. The van der Waals surface area contributed by atoms with Crippen molar-refractivity contribution in [3.8, 4) is 28.7 Å². The Hall–Kier alpha value is -3.93. The maximum atomic E-state index is 12.8. The molecule has 4 aromatic rings. The Morgan fingerprint density at radius 3 is 2.27 bits per heavy atom. The number of methoxy groups -OCH3 is 2. The molecule has 0 atom stereocenters. The number of rotatable bonds is 7. The van der Waals surface area contributed by atoms with Crippen molar-refractivity contribution in [3.63, 3.8) is 0 Å². The predicted molar refractivity (Wildman–Crippen MR) is 113 cm³/mol. The molecule has 1 aromatic heterocycles. The van der Waals surface area contributed by atoms with Gasteiger partial charge in [0.2, 0.25) is 11.2 Å². The van der Waals surface area contributed by atoms with E-state index in [1.807, 2.05) is 30.3 Å². The third-order valence-electron chi connectivity index (χ3n) is 4.57. The molecule has 0 saturated carbocycles. The average Bonchev–Trinajstić information content (AvgIpc) is 2.80. The molecule has 6 heteroatoms. The molecule has 0 saturated heterocycles. The SMILES string of the molecule is COc1ccc(COc2ccc3c(=O)c(Oc4ccccc4OC)coc3c2)cc1. The van der Waals surface area contributed by atoms with Gasteiger partial charge in [0.05, 0.1) is 19.6 Å². The lowest BCUT2D eigenvalue weighted by Crippen LogP contribution is -2.05. The largest absolute Gasteiger partial charge is 0.497 e. The highest BCUT2D eigenvalue weighted by Gasteiger charge is 2.12. The highest BCUT2D eigenvalue weighted by molar-refractivity contribution is 5.79. The molecule has 1 heterocycles. The minimum absolute atomic E-state index is 0.0823. The Kier molecular flexibility index (Phi) is 5.57. The maximum absolute atomic E-state index is 12.8. The summed E-state index contributed by atoms with van der Waals surface area (Å²) in [6.07, 6.45) is 1.30. The zero-order valence-corrected chi connectivity index (χ0v) is 16.6. The lowest BCUT2D eigenvalue weighted by atomic mass is 10.2. The van der Waals surface area contributed by atoms with Crippen LogP contribution in [0.25, 0.3) is 11.0 Å². The van der Waals surface area contributed by atoms with Gasteiger partial charge in [-0.3, -0.25) is 4.79 Å². The summed E-state index contributed by atoms with van der Waals surface area (Å²) in [7, 11) is 3.17. The Morgan fingerprint density at radius 1 is 0.800 bits per heavy atom. The van der Waals surface area contributed by atoms with Crippen LogP contribution in [-0.2, 0) is 6.61 Å². The highest BCUT2D eigenvalue weighted by Crippen LogP contribution is 2.30. The summed E-state index contributed by atoms with van der Waals surface area (Å²) in [5.74, 6) is 2.43. The molecule has 0 aliphatic heterocycles. The molecule has 0 aliphatic rings. The van der Waals surface area contributed by atoms with E-state index >= 15 is 0 Å². The van der Waals surface area contributed by atoms with E-state index in [0.29, 0.717) is 34.8 Å². The van der Waals surface area contributed by atoms with Crippen LogP contribution in [0.4, 0.5) is 0 Å². The number of ether oxygens (including phenoxy) is 4. The van der Waals surface area contributed by atoms with Gasteiger partial charge in [-0.25, -0.2) is 0 Å². The molecule has 0 fully saturated rings. The van der Waals surface area contributed by atoms with E-state index in [1.165, 1.54) is 6.26 Å².